The number of rotatable bonds is 4. The molecule has 90 valence electrons. The van der Waals surface area contributed by atoms with Gasteiger partial charge in [-0.05, 0) is 12.3 Å². The number of carbonyl (C=O) groups is 1. The number of hydrogen-bond donors (Lipinski definition) is 1. The summed E-state index contributed by atoms with van der Waals surface area (Å²) in [5.74, 6) is -0.756. The predicted molar refractivity (Wildman–Crippen MR) is 64.8 cm³/mol. The molecule has 0 unspecified atom stereocenters. The SMILES string of the molecule is Cc1cn(CC(C)(C)C)c(SCC(=O)O)n1. The van der Waals surface area contributed by atoms with Crippen molar-refractivity contribution < 1.29 is 9.90 Å². The number of nitrogens with zero attached hydrogens (tertiary/aromatic N) is 2. The van der Waals surface area contributed by atoms with Gasteiger partial charge in [0, 0.05) is 12.7 Å². The van der Waals surface area contributed by atoms with Gasteiger partial charge in [-0.15, -0.1) is 0 Å². The summed E-state index contributed by atoms with van der Waals surface area (Å²) in [6.45, 7) is 9.20. The van der Waals surface area contributed by atoms with Gasteiger partial charge in [0.2, 0.25) is 0 Å². The van der Waals surface area contributed by atoms with Gasteiger partial charge < -0.3 is 9.67 Å². The van der Waals surface area contributed by atoms with Crippen LogP contribution in [0.2, 0.25) is 0 Å². The number of thioether (sulfide) groups is 1. The number of aliphatic carboxylic acids is 1. The molecule has 1 N–H and O–H groups in total. The summed E-state index contributed by atoms with van der Waals surface area (Å²) in [6.07, 6.45) is 1.97. The van der Waals surface area contributed by atoms with Crippen LogP contribution in [0, 0.1) is 12.3 Å². The molecule has 0 fully saturated rings. The number of carboxylic acid groups (broad SMARTS) is 1. The Morgan fingerprint density at radius 3 is 2.69 bits per heavy atom. The minimum atomic E-state index is -0.812. The molecule has 1 rings (SSSR count). The average Bonchev–Trinajstić information content (AvgIpc) is 2.39. The van der Waals surface area contributed by atoms with Crippen LogP contribution in [0.25, 0.3) is 0 Å². The van der Waals surface area contributed by atoms with E-state index in [-0.39, 0.29) is 11.2 Å². The van der Waals surface area contributed by atoms with Crippen LogP contribution in [0.3, 0.4) is 0 Å². The summed E-state index contributed by atoms with van der Waals surface area (Å²) in [4.78, 5) is 14.8. The molecule has 4 nitrogen and oxygen atoms in total. The summed E-state index contributed by atoms with van der Waals surface area (Å²) in [7, 11) is 0. The second kappa shape index (κ2) is 4.91. The van der Waals surface area contributed by atoms with E-state index >= 15 is 0 Å². The van der Waals surface area contributed by atoms with Crippen molar-refractivity contribution in [2.24, 2.45) is 5.41 Å². The lowest BCUT2D eigenvalue weighted by atomic mass is 9.97. The van der Waals surface area contributed by atoms with E-state index in [0.29, 0.717) is 0 Å². The van der Waals surface area contributed by atoms with Gasteiger partial charge in [-0.1, -0.05) is 32.5 Å². The molecule has 0 atom stereocenters. The van der Waals surface area contributed by atoms with E-state index in [4.69, 9.17) is 5.11 Å². The summed E-state index contributed by atoms with van der Waals surface area (Å²) in [6, 6.07) is 0. The van der Waals surface area contributed by atoms with Crippen LogP contribution in [0.1, 0.15) is 26.5 Å². The smallest absolute Gasteiger partial charge is 0.313 e. The Bertz CT molecular complexity index is 380. The Kier molecular flexibility index (Phi) is 4.02. The van der Waals surface area contributed by atoms with E-state index < -0.39 is 5.97 Å². The van der Waals surface area contributed by atoms with Gasteiger partial charge >= 0.3 is 5.97 Å². The largest absolute Gasteiger partial charge is 0.481 e. The molecule has 0 aliphatic heterocycles. The molecule has 0 saturated heterocycles. The van der Waals surface area contributed by atoms with E-state index in [2.05, 4.69) is 25.8 Å². The maximum absolute atomic E-state index is 10.5. The van der Waals surface area contributed by atoms with Crippen molar-refractivity contribution in [2.75, 3.05) is 5.75 Å². The maximum atomic E-state index is 10.5. The van der Waals surface area contributed by atoms with Crippen molar-refractivity contribution in [1.29, 1.82) is 0 Å². The molecule has 0 saturated carbocycles. The van der Waals surface area contributed by atoms with Crippen molar-refractivity contribution >= 4 is 17.7 Å². The molecule has 1 aromatic rings. The second-order valence-corrected chi connectivity index (χ2v) is 5.98. The summed E-state index contributed by atoms with van der Waals surface area (Å²) < 4.78 is 2.03. The third-order valence-corrected chi connectivity index (χ3v) is 2.81. The first-order valence-electron chi connectivity index (χ1n) is 5.16. The highest BCUT2D eigenvalue weighted by Crippen LogP contribution is 2.23. The fourth-order valence-corrected chi connectivity index (χ4v) is 2.13. The van der Waals surface area contributed by atoms with Gasteiger partial charge in [0.25, 0.3) is 0 Å². The topological polar surface area (TPSA) is 55.1 Å². The molecule has 5 heteroatoms. The number of aromatic nitrogens is 2. The van der Waals surface area contributed by atoms with E-state index in [1.807, 2.05) is 17.7 Å². The minimum Gasteiger partial charge on any atom is -0.481 e. The van der Waals surface area contributed by atoms with Crippen molar-refractivity contribution in [3.63, 3.8) is 0 Å². The first kappa shape index (κ1) is 13.1. The van der Waals surface area contributed by atoms with Crippen molar-refractivity contribution in [3.05, 3.63) is 11.9 Å². The first-order chi connectivity index (χ1) is 7.28. The lowest BCUT2D eigenvalue weighted by Gasteiger charge is -2.19. The summed E-state index contributed by atoms with van der Waals surface area (Å²) in [5, 5.41) is 9.43. The van der Waals surface area contributed by atoms with E-state index in [1.54, 1.807) is 0 Å². The third-order valence-electron chi connectivity index (χ3n) is 1.83. The van der Waals surface area contributed by atoms with Gasteiger partial charge in [0.05, 0.1) is 11.4 Å². The van der Waals surface area contributed by atoms with Crippen LogP contribution < -0.4 is 0 Å². The fourth-order valence-electron chi connectivity index (χ4n) is 1.39. The zero-order valence-electron chi connectivity index (χ0n) is 10.1. The monoisotopic (exact) mass is 242 g/mol. The minimum absolute atomic E-state index is 0.0561. The van der Waals surface area contributed by atoms with Gasteiger partial charge in [-0.3, -0.25) is 4.79 Å². The quantitative estimate of drug-likeness (QED) is 0.824. The van der Waals surface area contributed by atoms with Crippen molar-refractivity contribution in [2.45, 2.75) is 39.4 Å². The first-order valence-corrected chi connectivity index (χ1v) is 6.15. The highest BCUT2D eigenvalue weighted by molar-refractivity contribution is 7.99. The summed E-state index contributed by atoms with van der Waals surface area (Å²) >= 11 is 1.27. The maximum Gasteiger partial charge on any atom is 0.313 e. The molecular weight excluding hydrogens is 224 g/mol. The van der Waals surface area contributed by atoms with E-state index in [9.17, 15) is 4.79 Å². The molecule has 1 heterocycles. The van der Waals surface area contributed by atoms with Crippen LogP contribution in [0.5, 0.6) is 0 Å². The molecule has 0 aliphatic carbocycles. The molecular formula is C11H18N2O2S. The predicted octanol–water partition coefficient (Wildman–Crippen LogP) is 2.41. The molecule has 0 radical (unpaired) electrons. The lowest BCUT2D eigenvalue weighted by Crippen LogP contribution is -2.15. The Labute approximate surface area is 100 Å². The molecule has 0 amide bonds. The molecule has 0 bridgehead atoms. The van der Waals surface area contributed by atoms with Gasteiger partial charge in [0.1, 0.15) is 0 Å². The Morgan fingerprint density at radius 1 is 1.56 bits per heavy atom. The number of imidazole rings is 1. The van der Waals surface area contributed by atoms with Crippen LogP contribution in [-0.4, -0.2) is 26.4 Å². The number of aryl methyl sites for hydroxylation is 1. The summed E-state index contributed by atoms with van der Waals surface area (Å²) in [5.41, 5.74) is 1.09. The van der Waals surface area contributed by atoms with Crippen molar-refractivity contribution in [3.8, 4) is 0 Å². The average molecular weight is 242 g/mol. The Morgan fingerprint density at radius 2 is 2.19 bits per heavy atom. The van der Waals surface area contributed by atoms with Gasteiger partial charge in [-0.25, -0.2) is 4.98 Å². The molecule has 16 heavy (non-hydrogen) atoms. The van der Waals surface area contributed by atoms with Crippen LogP contribution in [-0.2, 0) is 11.3 Å². The van der Waals surface area contributed by atoms with Gasteiger partial charge in [0.15, 0.2) is 5.16 Å². The van der Waals surface area contributed by atoms with E-state index in [0.717, 1.165) is 17.4 Å². The standard InChI is InChI=1S/C11H18N2O2S/c1-8-5-13(7-11(2,3)4)10(12-8)16-6-9(14)15/h5H,6-7H2,1-4H3,(H,14,15). The molecule has 0 aromatic carbocycles. The normalized spacial score (nSPS) is 11.8. The Balaban J connectivity index is 2.79. The molecule has 0 aliphatic rings. The number of hydrogen-bond acceptors (Lipinski definition) is 3. The van der Waals surface area contributed by atoms with Crippen molar-refractivity contribution in [1.82, 2.24) is 9.55 Å². The fraction of sp³-hybridized carbons (Fsp3) is 0.636. The van der Waals surface area contributed by atoms with Gasteiger partial charge in [-0.2, -0.15) is 0 Å². The van der Waals surface area contributed by atoms with E-state index in [1.165, 1.54) is 11.8 Å². The molecule has 1 aromatic heterocycles. The Hall–Kier alpha value is -0.970. The van der Waals surface area contributed by atoms with Crippen LogP contribution in [0.4, 0.5) is 0 Å². The highest BCUT2D eigenvalue weighted by atomic mass is 32.2. The van der Waals surface area contributed by atoms with Crippen LogP contribution in [0.15, 0.2) is 11.4 Å². The zero-order valence-corrected chi connectivity index (χ0v) is 11.0. The van der Waals surface area contributed by atoms with Crippen LogP contribution >= 0.6 is 11.8 Å². The molecule has 0 spiro atoms. The zero-order chi connectivity index (χ0) is 12.3. The third kappa shape index (κ3) is 4.26. The second-order valence-electron chi connectivity index (χ2n) is 5.04. The lowest BCUT2D eigenvalue weighted by molar-refractivity contribution is -0.133. The number of carboxylic acids is 1. The highest BCUT2D eigenvalue weighted by Gasteiger charge is 2.15.